The Morgan fingerprint density at radius 3 is 2.19 bits per heavy atom. The number of benzene rings is 2. The minimum atomic E-state index is -0.528. The van der Waals surface area contributed by atoms with Gasteiger partial charge >= 0.3 is 0 Å². The van der Waals surface area contributed by atoms with Crippen LogP contribution in [0.1, 0.15) is 76.6 Å². The number of nitrogens with one attached hydrogen (secondary N) is 1. The number of aryl methyl sites for hydroxylation is 2. The zero-order valence-electron chi connectivity index (χ0n) is 20.9. The molecule has 2 rings (SSSR count). The highest BCUT2D eigenvalue weighted by molar-refractivity contribution is 5.87. The van der Waals surface area contributed by atoms with E-state index in [1.165, 1.54) is 5.56 Å². The van der Waals surface area contributed by atoms with Crippen LogP contribution in [0.2, 0.25) is 0 Å². The van der Waals surface area contributed by atoms with Crippen molar-refractivity contribution in [1.82, 2.24) is 10.2 Å². The normalized spacial score (nSPS) is 13.3. The van der Waals surface area contributed by atoms with Crippen molar-refractivity contribution in [3.05, 3.63) is 70.8 Å². The van der Waals surface area contributed by atoms with Crippen LogP contribution in [-0.2, 0) is 28.0 Å². The summed E-state index contributed by atoms with van der Waals surface area (Å²) in [7, 11) is 0. The highest BCUT2D eigenvalue weighted by atomic mass is 16.2. The molecular weight excluding hydrogens is 396 g/mol. The van der Waals surface area contributed by atoms with Gasteiger partial charge < -0.3 is 10.2 Å². The Labute approximate surface area is 194 Å². The first-order valence-electron chi connectivity index (χ1n) is 11.8. The van der Waals surface area contributed by atoms with E-state index in [4.69, 9.17) is 0 Å². The molecule has 0 aliphatic rings. The van der Waals surface area contributed by atoms with E-state index in [9.17, 15) is 9.59 Å². The summed E-state index contributed by atoms with van der Waals surface area (Å²) in [6.45, 7) is 14.9. The summed E-state index contributed by atoms with van der Waals surface area (Å²) in [5, 5.41) is 3.03. The van der Waals surface area contributed by atoms with Gasteiger partial charge in [0.2, 0.25) is 11.8 Å². The van der Waals surface area contributed by atoms with Gasteiger partial charge in [-0.25, -0.2) is 0 Å². The van der Waals surface area contributed by atoms with E-state index in [1.807, 2.05) is 52.0 Å². The van der Waals surface area contributed by atoms with E-state index in [0.717, 1.165) is 23.1 Å². The van der Waals surface area contributed by atoms with E-state index in [1.54, 1.807) is 4.90 Å². The van der Waals surface area contributed by atoms with Gasteiger partial charge in [-0.2, -0.15) is 0 Å². The minimum Gasteiger partial charge on any atom is -0.352 e. The van der Waals surface area contributed by atoms with Gasteiger partial charge in [0.05, 0.1) is 0 Å². The van der Waals surface area contributed by atoms with Gasteiger partial charge in [0, 0.05) is 19.0 Å². The summed E-state index contributed by atoms with van der Waals surface area (Å²) in [5.41, 5.74) is 4.72. The van der Waals surface area contributed by atoms with Crippen LogP contribution in [0.15, 0.2) is 48.5 Å². The molecule has 0 saturated carbocycles. The third-order valence-corrected chi connectivity index (χ3v) is 6.22. The lowest BCUT2D eigenvalue weighted by Crippen LogP contribution is -2.49. The molecule has 0 radical (unpaired) electrons. The van der Waals surface area contributed by atoms with Crippen LogP contribution < -0.4 is 5.32 Å². The first-order chi connectivity index (χ1) is 15.0. The first-order valence-corrected chi connectivity index (χ1v) is 11.8. The summed E-state index contributed by atoms with van der Waals surface area (Å²) in [6.07, 6.45) is 1.89. The van der Waals surface area contributed by atoms with Gasteiger partial charge in [0.25, 0.3) is 0 Å². The maximum absolute atomic E-state index is 13.3. The van der Waals surface area contributed by atoms with Crippen LogP contribution in [0.25, 0.3) is 0 Å². The van der Waals surface area contributed by atoms with Crippen molar-refractivity contribution in [3.63, 3.8) is 0 Å². The highest BCUT2D eigenvalue weighted by Gasteiger charge is 2.27. The molecule has 0 saturated heterocycles. The number of hydrogen-bond acceptors (Lipinski definition) is 2. The Bertz CT molecular complexity index is 896. The average molecular weight is 437 g/mol. The molecule has 0 aliphatic heterocycles. The topological polar surface area (TPSA) is 49.4 Å². The van der Waals surface area contributed by atoms with Crippen molar-refractivity contribution < 1.29 is 9.59 Å². The Kier molecular flexibility index (Phi) is 9.06. The van der Waals surface area contributed by atoms with Crippen LogP contribution >= 0.6 is 0 Å². The number of nitrogens with zero attached hydrogens (tertiary/aromatic N) is 1. The smallest absolute Gasteiger partial charge is 0.242 e. The zero-order chi connectivity index (χ0) is 23.9. The lowest BCUT2D eigenvalue weighted by molar-refractivity contribution is -0.140. The average Bonchev–Trinajstić information content (AvgIpc) is 2.76. The lowest BCUT2D eigenvalue weighted by atomic mass is 9.86. The molecule has 2 aromatic carbocycles. The second-order valence-corrected chi connectivity index (χ2v) is 9.89. The summed E-state index contributed by atoms with van der Waals surface area (Å²) in [5.74, 6) is -0.101. The minimum absolute atomic E-state index is 0.0000440. The Hall–Kier alpha value is -2.62. The summed E-state index contributed by atoms with van der Waals surface area (Å²) < 4.78 is 0. The molecule has 4 heteroatoms. The standard InChI is InChI=1S/C28H40N2O2/c1-8-21(3)29-27(32)22(4)30(19-24-12-10-9-11-20(24)2)26(31)18-15-23-13-16-25(17-14-23)28(5,6)7/h9-14,16-17,21-22H,8,15,18-19H2,1-7H3,(H,29,32)/t21-,22-/m0/s1. The molecule has 0 heterocycles. The number of rotatable bonds is 9. The van der Waals surface area contributed by atoms with E-state index in [0.29, 0.717) is 19.4 Å². The Balaban J connectivity index is 2.15. The molecule has 174 valence electrons. The maximum Gasteiger partial charge on any atom is 0.242 e. The second-order valence-electron chi connectivity index (χ2n) is 9.89. The molecular formula is C28H40N2O2. The molecule has 0 aromatic heterocycles. The van der Waals surface area contributed by atoms with Gasteiger partial charge in [-0.15, -0.1) is 0 Å². The SMILES string of the molecule is CC[C@H](C)NC(=O)[C@H](C)N(Cc1ccccc1C)C(=O)CCc1ccc(C(C)(C)C)cc1. The predicted octanol–water partition coefficient (Wildman–Crippen LogP) is 5.56. The van der Waals surface area contributed by atoms with E-state index in [-0.39, 0.29) is 23.3 Å². The van der Waals surface area contributed by atoms with Crippen molar-refractivity contribution in [3.8, 4) is 0 Å². The van der Waals surface area contributed by atoms with Crippen molar-refractivity contribution in [2.45, 2.75) is 91.8 Å². The van der Waals surface area contributed by atoms with Gasteiger partial charge in [0.15, 0.2) is 0 Å². The van der Waals surface area contributed by atoms with Crippen LogP contribution in [0.3, 0.4) is 0 Å². The fraction of sp³-hybridized carbons (Fsp3) is 0.500. The molecule has 1 N–H and O–H groups in total. The molecule has 0 bridgehead atoms. The quantitative estimate of drug-likeness (QED) is 0.560. The zero-order valence-corrected chi connectivity index (χ0v) is 20.9. The molecule has 0 fully saturated rings. The fourth-order valence-electron chi connectivity index (χ4n) is 3.59. The predicted molar refractivity (Wildman–Crippen MR) is 133 cm³/mol. The number of carbonyl (C=O) groups is 2. The summed E-state index contributed by atoms with van der Waals surface area (Å²) >= 11 is 0. The summed E-state index contributed by atoms with van der Waals surface area (Å²) in [4.78, 5) is 27.9. The third kappa shape index (κ3) is 7.22. The van der Waals surface area contributed by atoms with Gasteiger partial charge in [-0.3, -0.25) is 9.59 Å². The third-order valence-electron chi connectivity index (χ3n) is 6.22. The van der Waals surface area contributed by atoms with Gasteiger partial charge in [0.1, 0.15) is 6.04 Å². The molecule has 0 aliphatic carbocycles. The molecule has 2 atom stereocenters. The lowest BCUT2D eigenvalue weighted by Gasteiger charge is -2.30. The molecule has 0 spiro atoms. The molecule has 32 heavy (non-hydrogen) atoms. The van der Waals surface area contributed by atoms with E-state index < -0.39 is 6.04 Å². The largest absolute Gasteiger partial charge is 0.352 e. The van der Waals surface area contributed by atoms with Gasteiger partial charge in [-0.1, -0.05) is 76.2 Å². The van der Waals surface area contributed by atoms with Crippen molar-refractivity contribution >= 4 is 11.8 Å². The maximum atomic E-state index is 13.3. The van der Waals surface area contributed by atoms with E-state index in [2.05, 4.69) is 50.4 Å². The number of amides is 2. The van der Waals surface area contributed by atoms with E-state index >= 15 is 0 Å². The highest BCUT2D eigenvalue weighted by Crippen LogP contribution is 2.23. The van der Waals surface area contributed by atoms with Crippen molar-refractivity contribution in [2.24, 2.45) is 0 Å². The second kappa shape index (κ2) is 11.3. The molecule has 2 aromatic rings. The Morgan fingerprint density at radius 2 is 1.62 bits per heavy atom. The van der Waals surface area contributed by atoms with Gasteiger partial charge in [-0.05, 0) is 61.3 Å². The number of hydrogen-bond donors (Lipinski definition) is 1. The molecule has 0 unspecified atom stereocenters. The fourth-order valence-corrected chi connectivity index (χ4v) is 3.59. The van der Waals surface area contributed by atoms with Crippen LogP contribution in [0.4, 0.5) is 0 Å². The summed E-state index contributed by atoms with van der Waals surface area (Å²) in [6, 6.07) is 16.1. The van der Waals surface area contributed by atoms with Crippen LogP contribution in [0, 0.1) is 6.92 Å². The monoisotopic (exact) mass is 436 g/mol. The Morgan fingerprint density at radius 1 is 1.00 bits per heavy atom. The van der Waals surface area contributed by atoms with Crippen molar-refractivity contribution in [1.29, 1.82) is 0 Å². The first kappa shape index (κ1) is 25.6. The number of carbonyl (C=O) groups excluding carboxylic acids is 2. The molecule has 2 amide bonds. The van der Waals surface area contributed by atoms with Crippen LogP contribution in [0.5, 0.6) is 0 Å². The van der Waals surface area contributed by atoms with Crippen LogP contribution in [-0.4, -0.2) is 28.8 Å². The van der Waals surface area contributed by atoms with Crippen molar-refractivity contribution in [2.75, 3.05) is 0 Å². The molecule has 4 nitrogen and oxygen atoms in total.